The number of hydrogen-bond acceptors (Lipinski definition) is 0. The molecule has 164 valence electrons. The molecular formula is C25H22F6. The van der Waals surface area contributed by atoms with Crippen LogP contribution in [0.25, 0.3) is 16.8 Å². The van der Waals surface area contributed by atoms with Crippen LogP contribution in [0.2, 0.25) is 0 Å². The van der Waals surface area contributed by atoms with Crippen molar-refractivity contribution in [1.82, 2.24) is 0 Å². The van der Waals surface area contributed by atoms with Gasteiger partial charge >= 0.3 is 0 Å². The topological polar surface area (TPSA) is 0 Å². The number of benzene rings is 3. The van der Waals surface area contributed by atoms with Crippen LogP contribution in [0.3, 0.4) is 0 Å². The summed E-state index contributed by atoms with van der Waals surface area (Å²) in [5, 5.41) is 0.183. The van der Waals surface area contributed by atoms with Gasteiger partial charge in [-0.2, -0.15) is 8.78 Å². The van der Waals surface area contributed by atoms with Crippen LogP contribution in [0.4, 0.5) is 26.3 Å². The van der Waals surface area contributed by atoms with E-state index in [1.54, 1.807) is 0 Å². The van der Waals surface area contributed by atoms with E-state index in [9.17, 15) is 26.3 Å². The van der Waals surface area contributed by atoms with Crippen LogP contribution in [0.5, 0.6) is 0 Å². The molecule has 0 amide bonds. The zero-order chi connectivity index (χ0) is 22.5. The number of halogens is 6. The van der Waals surface area contributed by atoms with Crippen LogP contribution >= 0.6 is 0 Å². The molecule has 3 aromatic carbocycles. The van der Waals surface area contributed by atoms with Crippen molar-refractivity contribution in [3.63, 3.8) is 0 Å². The molecule has 6 heteroatoms. The summed E-state index contributed by atoms with van der Waals surface area (Å²) in [5.74, 6) is -3.39. The lowest BCUT2D eigenvalue weighted by Crippen LogP contribution is -2.01. The highest BCUT2D eigenvalue weighted by Crippen LogP contribution is 2.28. The minimum atomic E-state index is -2.20. The van der Waals surface area contributed by atoms with Gasteiger partial charge in [0, 0.05) is 17.0 Å². The highest BCUT2D eigenvalue weighted by Gasteiger charge is 2.15. The van der Waals surface area contributed by atoms with Crippen molar-refractivity contribution < 1.29 is 26.3 Å². The summed E-state index contributed by atoms with van der Waals surface area (Å²) in [7, 11) is 0. The fourth-order valence-corrected chi connectivity index (χ4v) is 3.68. The summed E-state index contributed by atoms with van der Waals surface area (Å²) in [4.78, 5) is 0. The molecule has 0 aliphatic heterocycles. The SMILES string of the molecule is CCCCCc1cc(F)c(CCc2ccc3c(F)c(C=C(F)F)c(F)cc3c2)c(F)c1. The molecule has 0 heterocycles. The minimum absolute atomic E-state index is 0.00792. The Hall–Kier alpha value is -2.76. The molecule has 0 bridgehead atoms. The first-order valence-corrected chi connectivity index (χ1v) is 10.2. The van der Waals surface area contributed by atoms with Crippen molar-refractivity contribution in [3.8, 4) is 0 Å². The first-order chi connectivity index (χ1) is 14.8. The molecular weight excluding hydrogens is 414 g/mol. The second-order valence-electron chi connectivity index (χ2n) is 7.57. The molecule has 0 saturated heterocycles. The van der Waals surface area contributed by atoms with E-state index in [0.717, 1.165) is 25.3 Å². The van der Waals surface area contributed by atoms with Crippen LogP contribution in [-0.2, 0) is 19.3 Å². The van der Waals surface area contributed by atoms with Crippen molar-refractivity contribution in [2.45, 2.75) is 45.4 Å². The fraction of sp³-hybridized carbons (Fsp3) is 0.280. The molecule has 0 fully saturated rings. The van der Waals surface area contributed by atoms with E-state index in [1.807, 2.05) is 0 Å². The maximum Gasteiger partial charge on any atom is 0.271 e. The molecule has 31 heavy (non-hydrogen) atoms. The lowest BCUT2D eigenvalue weighted by atomic mass is 9.97. The van der Waals surface area contributed by atoms with E-state index >= 15 is 0 Å². The van der Waals surface area contributed by atoms with Crippen molar-refractivity contribution in [1.29, 1.82) is 0 Å². The van der Waals surface area contributed by atoms with Crippen LogP contribution in [-0.4, -0.2) is 0 Å². The van der Waals surface area contributed by atoms with Crippen LogP contribution in [0.15, 0.2) is 42.5 Å². The van der Waals surface area contributed by atoms with Crippen molar-refractivity contribution in [2.75, 3.05) is 0 Å². The van der Waals surface area contributed by atoms with E-state index in [1.165, 1.54) is 30.3 Å². The molecule has 0 atom stereocenters. The van der Waals surface area contributed by atoms with Crippen molar-refractivity contribution >= 4 is 16.8 Å². The average Bonchev–Trinajstić information content (AvgIpc) is 2.70. The molecule has 0 aliphatic rings. The quantitative estimate of drug-likeness (QED) is 0.247. The van der Waals surface area contributed by atoms with Gasteiger partial charge in [0.05, 0.1) is 5.56 Å². The van der Waals surface area contributed by atoms with Gasteiger partial charge in [-0.05, 0) is 60.4 Å². The molecule has 3 aromatic rings. The molecule has 0 aromatic heterocycles. The highest BCUT2D eigenvalue weighted by molar-refractivity contribution is 5.86. The predicted octanol–water partition coefficient (Wildman–Crippen LogP) is 8.15. The van der Waals surface area contributed by atoms with Gasteiger partial charge in [0.1, 0.15) is 23.3 Å². The van der Waals surface area contributed by atoms with E-state index in [-0.39, 0.29) is 35.3 Å². The third-order valence-corrected chi connectivity index (χ3v) is 5.32. The molecule has 0 unspecified atom stereocenters. The summed E-state index contributed by atoms with van der Waals surface area (Å²) in [6.45, 7) is 2.06. The lowest BCUT2D eigenvalue weighted by Gasteiger charge is -2.10. The molecule has 0 N–H and O–H groups in total. The standard InChI is InChI=1S/C25H22F6/c1-2-3-4-5-16-11-21(26)19(22(27)12-16)9-7-15-6-8-18-17(10-15)13-23(28)20(25(18)31)14-24(29)30/h6,8,10-14H,2-5,7,9H2,1H3. The Labute approximate surface area is 177 Å². The smallest absolute Gasteiger partial charge is 0.207 e. The Morgan fingerprint density at radius 3 is 2.13 bits per heavy atom. The summed E-state index contributed by atoms with van der Waals surface area (Å²) >= 11 is 0. The van der Waals surface area contributed by atoms with Crippen LogP contribution < -0.4 is 0 Å². The summed E-state index contributed by atoms with van der Waals surface area (Å²) in [5.41, 5.74) is 0.412. The van der Waals surface area contributed by atoms with Crippen LogP contribution in [0, 0.1) is 23.3 Å². The number of hydrogen-bond donors (Lipinski definition) is 0. The Bertz CT molecular complexity index is 1090. The minimum Gasteiger partial charge on any atom is -0.207 e. The van der Waals surface area contributed by atoms with Crippen molar-refractivity contribution in [3.05, 3.63) is 88.0 Å². The number of unbranched alkanes of at least 4 members (excludes halogenated alkanes) is 2. The maximum absolute atomic E-state index is 14.4. The molecule has 3 rings (SSSR count). The average molecular weight is 436 g/mol. The lowest BCUT2D eigenvalue weighted by molar-refractivity contribution is 0.428. The first kappa shape index (κ1) is 22.9. The molecule has 0 saturated carbocycles. The summed E-state index contributed by atoms with van der Waals surface area (Å²) in [6, 6.07) is 8.09. The fourth-order valence-electron chi connectivity index (χ4n) is 3.68. The third-order valence-electron chi connectivity index (χ3n) is 5.32. The molecule has 0 radical (unpaired) electrons. The van der Waals surface area contributed by atoms with E-state index < -0.39 is 34.9 Å². The Kier molecular flexibility index (Phi) is 7.42. The monoisotopic (exact) mass is 436 g/mol. The molecule has 0 nitrogen and oxygen atoms in total. The largest absolute Gasteiger partial charge is 0.271 e. The van der Waals surface area contributed by atoms with Gasteiger partial charge in [-0.1, -0.05) is 38.0 Å². The number of fused-ring (bicyclic) bond motifs is 1. The second kappa shape index (κ2) is 10.0. The summed E-state index contributed by atoms with van der Waals surface area (Å²) in [6.07, 6.45) is 1.79. The van der Waals surface area contributed by atoms with Gasteiger partial charge in [-0.25, -0.2) is 17.6 Å². The third kappa shape index (κ3) is 5.49. The molecule has 0 aliphatic carbocycles. The Morgan fingerprint density at radius 2 is 1.48 bits per heavy atom. The zero-order valence-corrected chi connectivity index (χ0v) is 17.1. The summed E-state index contributed by atoms with van der Waals surface area (Å²) < 4.78 is 82.2. The number of aryl methyl sites for hydroxylation is 2. The van der Waals surface area contributed by atoms with Gasteiger partial charge in [0.15, 0.2) is 0 Å². The van der Waals surface area contributed by atoms with Gasteiger partial charge in [0.2, 0.25) is 0 Å². The van der Waals surface area contributed by atoms with Gasteiger partial charge in [-0.15, -0.1) is 0 Å². The van der Waals surface area contributed by atoms with Gasteiger partial charge in [-0.3, -0.25) is 0 Å². The molecule has 0 spiro atoms. The van der Waals surface area contributed by atoms with Crippen molar-refractivity contribution in [2.24, 2.45) is 0 Å². The zero-order valence-electron chi connectivity index (χ0n) is 17.1. The van der Waals surface area contributed by atoms with E-state index in [4.69, 9.17) is 0 Å². The second-order valence-corrected chi connectivity index (χ2v) is 7.57. The van der Waals surface area contributed by atoms with Gasteiger partial charge in [0.25, 0.3) is 6.08 Å². The normalized spacial score (nSPS) is 11.2. The first-order valence-electron chi connectivity index (χ1n) is 10.2. The van der Waals surface area contributed by atoms with E-state index in [2.05, 4.69) is 6.92 Å². The maximum atomic E-state index is 14.4. The Morgan fingerprint density at radius 1 is 0.774 bits per heavy atom. The van der Waals surface area contributed by atoms with E-state index in [0.29, 0.717) is 17.5 Å². The van der Waals surface area contributed by atoms with Crippen LogP contribution in [0.1, 0.15) is 48.4 Å². The number of rotatable bonds is 8. The Balaban J connectivity index is 1.81. The van der Waals surface area contributed by atoms with Gasteiger partial charge < -0.3 is 0 Å². The highest BCUT2D eigenvalue weighted by atomic mass is 19.3. The predicted molar refractivity (Wildman–Crippen MR) is 111 cm³/mol.